The molecule has 0 aromatic heterocycles. The van der Waals surface area contributed by atoms with Crippen LogP contribution in [0.5, 0.6) is 11.5 Å². The molecule has 0 fully saturated rings. The van der Waals surface area contributed by atoms with E-state index < -0.39 is 22.5 Å². The SMILES string of the molecule is COc1cc(NC(=O)c2ccccc2)c(OC)cc1NC(=O)CN(C)S(=O)(=O)c1ccc(C)cc1. The first-order chi connectivity index (χ1) is 16.6. The number of ether oxygens (including phenoxy) is 2. The summed E-state index contributed by atoms with van der Waals surface area (Å²) in [6, 6.07) is 18.0. The smallest absolute Gasteiger partial charge is 0.255 e. The number of nitrogens with zero attached hydrogens (tertiary/aromatic N) is 1. The molecule has 0 heterocycles. The van der Waals surface area contributed by atoms with Crippen molar-refractivity contribution in [2.45, 2.75) is 11.8 Å². The highest BCUT2D eigenvalue weighted by Crippen LogP contribution is 2.36. The molecule has 0 aliphatic heterocycles. The van der Waals surface area contributed by atoms with Crippen LogP contribution in [0.2, 0.25) is 0 Å². The van der Waals surface area contributed by atoms with Crippen LogP contribution in [0.1, 0.15) is 15.9 Å². The molecule has 0 saturated heterocycles. The first-order valence-corrected chi connectivity index (χ1v) is 12.0. The van der Waals surface area contributed by atoms with Crippen molar-refractivity contribution in [3.63, 3.8) is 0 Å². The average Bonchev–Trinajstić information content (AvgIpc) is 2.85. The van der Waals surface area contributed by atoms with Crippen molar-refractivity contribution >= 4 is 33.2 Å². The van der Waals surface area contributed by atoms with Gasteiger partial charge in [-0.15, -0.1) is 0 Å². The van der Waals surface area contributed by atoms with Crippen molar-refractivity contribution in [2.24, 2.45) is 0 Å². The second-order valence-corrected chi connectivity index (χ2v) is 9.74. The standard InChI is InChI=1S/C25H27N3O6S/c1-17-10-12-19(13-11-17)35(31,32)28(2)16-24(29)26-20-14-23(34-4)21(15-22(20)33-3)27-25(30)18-8-6-5-7-9-18/h5-15H,16H2,1-4H3,(H,26,29)(H,27,30). The molecule has 3 aromatic carbocycles. The highest BCUT2D eigenvalue weighted by atomic mass is 32.2. The van der Waals surface area contributed by atoms with E-state index in [2.05, 4.69) is 10.6 Å². The van der Waals surface area contributed by atoms with Gasteiger partial charge in [0, 0.05) is 24.7 Å². The molecule has 3 aromatic rings. The second kappa shape index (κ2) is 11.0. The Morgan fingerprint density at radius 1 is 0.857 bits per heavy atom. The second-order valence-electron chi connectivity index (χ2n) is 7.70. The van der Waals surface area contributed by atoms with Gasteiger partial charge in [-0.25, -0.2) is 8.42 Å². The van der Waals surface area contributed by atoms with E-state index in [9.17, 15) is 18.0 Å². The number of hydrogen-bond donors (Lipinski definition) is 2. The lowest BCUT2D eigenvalue weighted by Crippen LogP contribution is -2.35. The van der Waals surface area contributed by atoms with Crippen molar-refractivity contribution in [2.75, 3.05) is 38.4 Å². The molecule has 0 spiro atoms. The van der Waals surface area contributed by atoms with E-state index in [4.69, 9.17) is 9.47 Å². The fourth-order valence-corrected chi connectivity index (χ4v) is 4.37. The minimum Gasteiger partial charge on any atom is -0.494 e. The molecule has 10 heteroatoms. The van der Waals surface area contributed by atoms with Crippen molar-refractivity contribution < 1.29 is 27.5 Å². The number of aryl methyl sites for hydroxylation is 1. The van der Waals surface area contributed by atoms with Crippen molar-refractivity contribution in [1.29, 1.82) is 0 Å². The molecule has 0 radical (unpaired) electrons. The first kappa shape index (κ1) is 25.7. The van der Waals surface area contributed by atoms with Gasteiger partial charge in [-0.1, -0.05) is 35.9 Å². The number of carbonyl (C=O) groups is 2. The van der Waals surface area contributed by atoms with Crippen LogP contribution in [0.3, 0.4) is 0 Å². The molecule has 35 heavy (non-hydrogen) atoms. The predicted octanol–water partition coefficient (Wildman–Crippen LogP) is 3.52. The third-order valence-corrected chi connectivity index (χ3v) is 6.99. The number of nitrogens with one attached hydrogen (secondary N) is 2. The van der Waals surface area contributed by atoms with Crippen molar-refractivity contribution in [1.82, 2.24) is 4.31 Å². The Morgan fingerprint density at radius 3 is 1.94 bits per heavy atom. The Hall–Kier alpha value is -3.89. The van der Waals surface area contributed by atoms with Gasteiger partial charge < -0.3 is 20.1 Å². The molecule has 184 valence electrons. The highest BCUT2D eigenvalue weighted by molar-refractivity contribution is 7.89. The van der Waals surface area contributed by atoms with Crippen molar-refractivity contribution in [3.8, 4) is 11.5 Å². The summed E-state index contributed by atoms with van der Waals surface area (Å²) in [7, 11) is 0.314. The molecular weight excluding hydrogens is 470 g/mol. The number of methoxy groups -OCH3 is 2. The van der Waals surface area contributed by atoms with Crippen LogP contribution in [0.4, 0.5) is 11.4 Å². The van der Waals surface area contributed by atoms with E-state index in [0.717, 1.165) is 9.87 Å². The number of benzene rings is 3. The summed E-state index contributed by atoms with van der Waals surface area (Å²) in [6.07, 6.45) is 0. The highest BCUT2D eigenvalue weighted by Gasteiger charge is 2.24. The maximum atomic E-state index is 12.8. The van der Waals surface area contributed by atoms with Gasteiger partial charge in [0.05, 0.1) is 37.0 Å². The first-order valence-electron chi connectivity index (χ1n) is 10.6. The lowest BCUT2D eigenvalue weighted by molar-refractivity contribution is -0.116. The van der Waals surface area contributed by atoms with Gasteiger partial charge in [-0.05, 0) is 31.2 Å². The summed E-state index contributed by atoms with van der Waals surface area (Å²) in [5.41, 5.74) is 1.99. The summed E-state index contributed by atoms with van der Waals surface area (Å²) in [6.45, 7) is 1.43. The van der Waals surface area contributed by atoms with Crippen LogP contribution < -0.4 is 20.1 Å². The third-order valence-electron chi connectivity index (χ3n) is 5.18. The minimum absolute atomic E-state index is 0.0937. The molecule has 2 amide bonds. The summed E-state index contributed by atoms with van der Waals surface area (Å²) < 4.78 is 37.3. The molecule has 0 atom stereocenters. The van der Waals surface area contributed by atoms with Gasteiger partial charge in [-0.2, -0.15) is 4.31 Å². The fraction of sp³-hybridized carbons (Fsp3) is 0.200. The molecule has 0 bridgehead atoms. The van der Waals surface area contributed by atoms with Gasteiger partial charge >= 0.3 is 0 Å². The average molecular weight is 498 g/mol. The Bertz CT molecular complexity index is 1310. The molecule has 0 unspecified atom stereocenters. The number of rotatable bonds is 9. The fourth-order valence-electron chi connectivity index (χ4n) is 3.24. The van der Waals surface area contributed by atoms with E-state index in [1.54, 1.807) is 42.5 Å². The minimum atomic E-state index is -3.85. The number of carbonyl (C=O) groups excluding carboxylic acids is 2. The summed E-state index contributed by atoms with van der Waals surface area (Å²) in [5.74, 6) is -0.382. The lowest BCUT2D eigenvalue weighted by Gasteiger charge is -2.19. The van der Waals surface area contributed by atoms with Gasteiger partial charge in [0.2, 0.25) is 15.9 Å². The molecule has 3 rings (SSSR count). The lowest BCUT2D eigenvalue weighted by atomic mass is 10.2. The summed E-state index contributed by atoms with van der Waals surface area (Å²) >= 11 is 0. The largest absolute Gasteiger partial charge is 0.494 e. The van der Waals surface area contributed by atoms with E-state index >= 15 is 0 Å². The molecule has 0 saturated carbocycles. The molecule has 9 nitrogen and oxygen atoms in total. The van der Waals surface area contributed by atoms with E-state index in [1.807, 2.05) is 6.92 Å². The van der Waals surface area contributed by atoms with E-state index in [1.165, 1.54) is 45.5 Å². The molecule has 0 aliphatic carbocycles. The number of hydrogen-bond acceptors (Lipinski definition) is 6. The number of amides is 2. The Labute approximate surface area is 204 Å². The quantitative estimate of drug-likeness (QED) is 0.468. The van der Waals surface area contributed by atoms with Gasteiger partial charge in [0.25, 0.3) is 5.91 Å². The Morgan fingerprint density at radius 2 is 1.40 bits per heavy atom. The van der Waals surface area contributed by atoms with Gasteiger partial charge in [-0.3, -0.25) is 9.59 Å². The van der Waals surface area contributed by atoms with Crippen LogP contribution in [0.15, 0.2) is 71.6 Å². The zero-order valence-corrected chi connectivity index (χ0v) is 20.7. The monoisotopic (exact) mass is 497 g/mol. The van der Waals surface area contributed by atoms with E-state index in [0.29, 0.717) is 11.3 Å². The molecule has 2 N–H and O–H groups in total. The third kappa shape index (κ3) is 6.17. The number of sulfonamides is 1. The summed E-state index contributed by atoms with van der Waals surface area (Å²) in [5, 5.41) is 5.41. The molecular formula is C25H27N3O6S. The van der Waals surface area contributed by atoms with E-state index in [-0.39, 0.29) is 28.0 Å². The zero-order valence-electron chi connectivity index (χ0n) is 19.9. The Balaban J connectivity index is 1.77. The molecule has 0 aliphatic rings. The summed E-state index contributed by atoms with van der Waals surface area (Å²) in [4.78, 5) is 25.3. The topological polar surface area (TPSA) is 114 Å². The van der Waals surface area contributed by atoms with Crippen LogP contribution in [0.25, 0.3) is 0 Å². The number of anilines is 2. The Kier molecular flexibility index (Phi) is 8.10. The van der Waals surface area contributed by atoms with Crippen LogP contribution in [-0.4, -0.2) is 52.3 Å². The van der Waals surface area contributed by atoms with Gasteiger partial charge in [0.1, 0.15) is 11.5 Å². The van der Waals surface area contributed by atoms with Gasteiger partial charge in [0.15, 0.2) is 0 Å². The maximum Gasteiger partial charge on any atom is 0.255 e. The van der Waals surface area contributed by atoms with Crippen LogP contribution in [-0.2, 0) is 14.8 Å². The zero-order chi connectivity index (χ0) is 25.6. The van der Waals surface area contributed by atoms with Crippen LogP contribution >= 0.6 is 0 Å². The normalized spacial score (nSPS) is 11.1. The maximum absolute atomic E-state index is 12.8. The van der Waals surface area contributed by atoms with Crippen LogP contribution in [0, 0.1) is 6.92 Å². The number of likely N-dealkylation sites (N-methyl/N-ethyl adjacent to an activating group) is 1. The van der Waals surface area contributed by atoms with Crippen molar-refractivity contribution in [3.05, 3.63) is 77.9 Å². The predicted molar refractivity (Wildman–Crippen MR) is 134 cm³/mol.